The molecule has 4 rings (SSSR count). The summed E-state index contributed by atoms with van der Waals surface area (Å²) < 4.78 is 10.5. The smallest absolute Gasteiger partial charge is 0.257 e. The first-order valence-corrected chi connectivity index (χ1v) is 8.58. The third kappa shape index (κ3) is 2.96. The van der Waals surface area contributed by atoms with Gasteiger partial charge in [-0.25, -0.2) is 0 Å². The first-order chi connectivity index (χ1) is 12.6. The number of amides is 2. The molecule has 0 atom stereocenters. The number of benzene rings is 1. The summed E-state index contributed by atoms with van der Waals surface area (Å²) in [5.74, 6) is 0.563. The maximum Gasteiger partial charge on any atom is 0.257 e. The van der Waals surface area contributed by atoms with E-state index in [0.29, 0.717) is 48.8 Å². The Morgan fingerprint density at radius 3 is 2.54 bits per heavy atom. The molecule has 0 spiro atoms. The van der Waals surface area contributed by atoms with Crippen molar-refractivity contribution in [1.29, 1.82) is 0 Å². The Balaban J connectivity index is 1.38. The van der Waals surface area contributed by atoms with Gasteiger partial charge in [0.15, 0.2) is 5.58 Å². The molecule has 0 radical (unpaired) electrons. The maximum absolute atomic E-state index is 12.6. The van der Waals surface area contributed by atoms with Crippen LogP contribution in [0.3, 0.4) is 0 Å². The second-order valence-electron chi connectivity index (χ2n) is 6.37. The zero-order chi connectivity index (χ0) is 18.1. The highest BCUT2D eigenvalue weighted by Crippen LogP contribution is 2.19. The number of hydrogen-bond acceptors (Lipinski definition) is 5. The number of aryl methyl sites for hydroxylation is 1. The number of rotatable bonds is 3. The molecule has 2 amide bonds. The molecule has 1 aromatic carbocycles. The van der Waals surface area contributed by atoms with Crippen molar-refractivity contribution >= 4 is 22.8 Å². The van der Waals surface area contributed by atoms with Gasteiger partial charge in [-0.15, -0.1) is 0 Å². The molecule has 1 fully saturated rings. The largest absolute Gasteiger partial charge is 0.469 e. The molecule has 1 saturated heterocycles. The molecular weight excluding hydrogens is 334 g/mol. The van der Waals surface area contributed by atoms with Crippen molar-refractivity contribution in [2.24, 2.45) is 0 Å². The number of carbonyl (C=O) groups excluding carboxylic acids is 2. The predicted molar refractivity (Wildman–Crippen MR) is 93.6 cm³/mol. The van der Waals surface area contributed by atoms with Crippen LogP contribution in [0.5, 0.6) is 0 Å². The minimum absolute atomic E-state index is 0.00403. The van der Waals surface area contributed by atoms with Crippen LogP contribution < -0.4 is 0 Å². The molecule has 3 aromatic rings. The fraction of sp³-hybridized carbons (Fsp3) is 0.316. The zero-order valence-electron chi connectivity index (χ0n) is 14.5. The molecule has 7 heteroatoms. The summed E-state index contributed by atoms with van der Waals surface area (Å²) in [5, 5.41) is 4.89. The van der Waals surface area contributed by atoms with E-state index >= 15 is 0 Å². The van der Waals surface area contributed by atoms with Gasteiger partial charge in [-0.05, 0) is 25.1 Å². The summed E-state index contributed by atoms with van der Waals surface area (Å²) >= 11 is 0. The molecule has 1 aliphatic heterocycles. The van der Waals surface area contributed by atoms with E-state index < -0.39 is 0 Å². The Kier molecular flexibility index (Phi) is 4.20. The van der Waals surface area contributed by atoms with Crippen LogP contribution in [-0.4, -0.2) is 52.9 Å². The summed E-state index contributed by atoms with van der Waals surface area (Å²) in [5.41, 5.74) is 1.91. The van der Waals surface area contributed by atoms with E-state index in [2.05, 4.69) is 5.16 Å². The Morgan fingerprint density at radius 1 is 1.08 bits per heavy atom. The fourth-order valence-electron chi connectivity index (χ4n) is 3.26. The molecule has 0 bridgehead atoms. The van der Waals surface area contributed by atoms with Gasteiger partial charge in [0.2, 0.25) is 5.91 Å². The minimum Gasteiger partial charge on any atom is -0.469 e. The number of fused-ring (bicyclic) bond motifs is 1. The van der Waals surface area contributed by atoms with Crippen LogP contribution in [0.25, 0.3) is 11.0 Å². The first kappa shape index (κ1) is 16.4. The van der Waals surface area contributed by atoms with Crippen LogP contribution in [0.2, 0.25) is 0 Å². The molecule has 26 heavy (non-hydrogen) atoms. The molecule has 1 aliphatic rings. The monoisotopic (exact) mass is 353 g/mol. The SMILES string of the molecule is Cc1occc1C(=O)N1CCN(C(=O)Cc2noc3ccccc23)CC1. The van der Waals surface area contributed by atoms with Gasteiger partial charge in [0, 0.05) is 31.6 Å². The number of piperazine rings is 1. The minimum atomic E-state index is -0.0501. The van der Waals surface area contributed by atoms with Gasteiger partial charge in [0.05, 0.1) is 18.2 Å². The van der Waals surface area contributed by atoms with E-state index in [-0.39, 0.29) is 18.2 Å². The molecule has 2 aromatic heterocycles. The van der Waals surface area contributed by atoms with Crippen molar-refractivity contribution < 1.29 is 18.5 Å². The lowest BCUT2D eigenvalue weighted by molar-refractivity contribution is -0.132. The van der Waals surface area contributed by atoms with E-state index in [0.717, 1.165) is 5.39 Å². The highest BCUT2D eigenvalue weighted by molar-refractivity contribution is 5.95. The van der Waals surface area contributed by atoms with Gasteiger partial charge in [-0.2, -0.15) is 0 Å². The van der Waals surface area contributed by atoms with E-state index in [4.69, 9.17) is 8.94 Å². The number of furan rings is 1. The molecule has 0 N–H and O–H groups in total. The standard InChI is InChI=1S/C19H19N3O4/c1-13-14(6-11-25-13)19(24)22-9-7-21(8-10-22)18(23)12-16-15-4-2-3-5-17(15)26-20-16/h2-6,11H,7-10,12H2,1H3. The summed E-state index contributed by atoms with van der Waals surface area (Å²) in [7, 11) is 0. The van der Waals surface area contributed by atoms with E-state index in [9.17, 15) is 9.59 Å². The van der Waals surface area contributed by atoms with Crippen molar-refractivity contribution in [3.05, 3.63) is 53.6 Å². The van der Waals surface area contributed by atoms with E-state index in [1.54, 1.807) is 22.8 Å². The second kappa shape index (κ2) is 6.67. The van der Waals surface area contributed by atoms with Crippen LogP contribution in [0.15, 0.2) is 45.5 Å². The van der Waals surface area contributed by atoms with Crippen molar-refractivity contribution in [2.75, 3.05) is 26.2 Å². The van der Waals surface area contributed by atoms with Gasteiger partial charge in [0.25, 0.3) is 5.91 Å². The summed E-state index contributed by atoms with van der Waals surface area (Å²) in [4.78, 5) is 28.6. The number of para-hydroxylation sites is 1. The van der Waals surface area contributed by atoms with Crippen molar-refractivity contribution in [3.8, 4) is 0 Å². The highest BCUT2D eigenvalue weighted by Gasteiger charge is 2.27. The van der Waals surface area contributed by atoms with E-state index in [1.165, 1.54) is 6.26 Å². The summed E-state index contributed by atoms with van der Waals surface area (Å²) in [6.07, 6.45) is 1.72. The number of nitrogens with zero attached hydrogens (tertiary/aromatic N) is 3. The third-order valence-corrected chi connectivity index (χ3v) is 4.78. The Morgan fingerprint density at radius 2 is 1.81 bits per heavy atom. The molecule has 7 nitrogen and oxygen atoms in total. The second-order valence-corrected chi connectivity index (χ2v) is 6.37. The first-order valence-electron chi connectivity index (χ1n) is 8.58. The molecule has 3 heterocycles. The summed E-state index contributed by atoms with van der Waals surface area (Å²) in [6, 6.07) is 9.19. The van der Waals surface area contributed by atoms with Gasteiger partial charge in [0.1, 0.15) is 11.5 Å². The van der Waals surface area contributed by atoms with Gasteiger partial charge >= 0.3 is 0 Å². The Hall–Kier alpha value is -3.09. The molecule has 0 unspecified atom stereocenters. The molecular formula is C19H19N3O4. The summed E-state index contributed by atoms with van der Waals surface area (Å²) in [6.45, 7) is 3.81. The molecule has 134 valence electrons. The van der Waals surface area contributed by atoms with Crippen LogP contribution in [0.4, 0.5) is 0 Å². The van der Waals surface area contributed by atoms with Crippen LogP contribution in [0, 0.1) is 6.92 Å². The lowest BCUT2D eigenvalue weighted by atomic mass is 10.1. The van der Waals surface area contributed by atoms with Crippen LogP contribution in [-0.2, 0) is 11.2 Å². The average Bonchev–Trinajstić information content (AvgIpc) is 3.28. The number of hydrogen-bond donors (Lipinski definition) is 0. The maximum atomic E-state index is 12.6. The van der Waals surface area contributed by atoms with Crippen LogP contribution in [0.1, 0.15) is 21.8 Å². The van der Waals surface area contributed by atoms with Crippen molar-refractivity contribution in [3.63, 3.8) is 0 Å². The number of carbonyl (C=O) groups is 2. The predicted octanol–water partition coefficient (Wildman–Crippen LogP) is 2.26. The average molecular weight is 353 g/mol. The quantitative estimate of drug-likeness (QED) is 0.721. The highest BCUT2D eigenvalue weighted by atomic mass is 16.5. The Labute approximate surface area is 150 Å². The number of aromatic nitrogens is 1. The van der Waals surface area contributed by atoms with Crippen molar-refractivity contribution in [2.45, 2.75) is 13.3 Å². The lowest BCUT2D eigenvalue weighted by Crippen LogP contribution is -2.51. The fourth-order valence-corrected chi connectivity index (χ4v) is 3.26. The molecule has 0 saturated carbocycles. The topological polar surface area (TPSA) is 79.8 Å². The van der Waals surface area contributed by atoms with E-state index in [1.807, 2.05) is 24.3 Å². The molecule has 0 aliphatic carbocycles. The zero-order valence-corrected chi connectivity index (χ0v) is 14.5. The van der Waals surface area contributed by atoms with Gasteiger partial charge in [-0.3, -0.25) is 9.59 Å². The van der Waals surface area contributed by atoms with Crippen LogP contribution >= 0.6 is 0 Å². The Bertz CT molecular complexity index is 951. The lowest BCUT2D eigenvalue weighted by Gasteiger charge is -2.34. The third-order valence-electron chi connectivity index (χ3n) is 4.78. The normalized spacial score (nSPS) is 14.8. The van der Waals surface area contributed by atoms with Gasteiger partial charge < -0.3 is 18.7 Å². The van der Waals surface area contributed by atoms with Crippen molar-refractivity contribution in [1.82, 2.24) is 15.0 Å². The van der Waals surface area contributed by atoms with Gasteiger partial charge in [-0.1, -0.05) is 17.3 Å².